The first-order valence-electron chi connectivity index (χ1n) is 5.28. The Balaban J connectivity index is 1.99. The van der Waals surface area contributed by atoms with E-state index >= 15 is 0 Å². The number of likely N-dealkylation sites (tertiary alicyclic amines) is 1. The summed E-state index contributed by atoms with van der Waals surface area (Å²) in [5.74, 6) is 0.248. The monoisotopic (exact) mass is 204 g/mol. The lowest BCUT2D eigenvalue weighted by Crippen LogP contribution is -2.30. The highest BCUT2D eigenvalue weighted by atomic mass is 16.2. The molecule has 1 aliphatic heterocycles. The van der Waals surface area contributed by atoms with Gasteiger partial charge in [-0.05, 0) is 12.6 Å². The van der Waals surface area contributed by atoms with Crippen LogP contribution in [0.3, 0.4) is 0 Å². The average Bonchev–Trinajstić information content (AvgIpc) is 2.61. The van der Waals surface area contributed by atoms with Crippen LogP contribution in [0.1, 0.15) is 12.0 Å². The number of likely N-dealkylation sites (N-methyl/N-ethyl adjacent to an activating group) is 1. The summed E-state index contributed by atoms with van der Waals surface area (Å²) in [6.07, 6.45) is 0.628. The molecule has 1 N–H and O–H groups in total. The summed E-state index contributed by atoms with van der Waals surface area (Å²) in [5.41, 5.74) is 1.20. The first kappa shape index (κ1) is 10.2. The van der Waals surface area contributed by atoms with Gasteiger partial charge < -0.3 is 10.2 Å². The minimum Gasteiger partial charge on any atom is -0.337 e. The maximum atomic E-state index is 11.6. The largest absolute Gasteiger partial charge is 0.337 e. The molecule has 1 aliphatic rings. The highest BCUT2D eigenvalue weighted by Crippen LogP contribution is 2.14. The summed E-state index contributed by atoms with van der Waals surface area (Å²) in [4.78, 5) is 13.5. The van der Waals surface area contributed by atoms with Crippen molar-refractivity contribution in [2.24, 2.45) is 0 Å². The summed E-state index contributed by atoms with van der Waals surface area (Å²) < 4.78 is 0. The van der Waals surface area contributed by atoms with E-state index in [0.717, 1.165) is 13.1 Å². The third-order valence-electron chi connectivity index (χ3n) is 2.84. The number of nitrogens with one attached hydrogen (secondary N) is 1. The number of carbonyl (C=O) groups is 1. The van der Waals surface area contributed by atoms with Crippen molar-refractivity contribution in [1.82, 2.24) is 10.2 Å². The second-order valence-electron chi connectivity index (χ2n) is 3.95. The smallest absolute Gasteiger partial charge is 0.224 e. The van der Waals surface area contributed by atoms with Gasteiger partial charge in [0.2, 0.25) is 5.91 Å². The van der Waals surface area contributed by atoms with Crippen molar-refractivity contribution in [2.75, 3.05) is 13.6 Å². The van der Waals surface area contributed by atoms with Gasteiger partial charge in [-0.25, -0.2) is 0 Å². The van der Waals surface area contributed by atoms with Gasteiger partial charge in [0, 0.05) is 25.6 Å². The Labute approximate surface area is 90.1 Å². The van der Waals surface area contributed by atoms with E-state index in [9.17, 15) is 4.79 Å². The number of benzene rings is 1. The third kappa shape index (κ3) is 2.36. The average molecular weight is 204 g/mol. The number of hydrogen-bond donors (Lipinski definition) is 1. The minimum absolute atomic E-state index is 0.248. The van der Waals surface area contributed by atoms with Gasteiger partial charge in [0.1, 0.15) is 0 Å². The van der Waals surface area contributed by atoms with E-state index < -0.39 is 0 Å². The molecule has 80 valence electrons. The van der Waals surface area contributed by atoms with Gasteiger partial charge >= 0.3 is 0 Å². The number of amides is 1. The van der Waals surface area contributed by atoms with E-state index in [0.29, 0.717) is 12.5 Å². The summed E-state index contributed by atoms with van der Waals surface area (Å²) in [6, 6.07) is 10.4. The lowest BCUT2D eigenvalue weighted by molar-refractivity contribution is -0.128. The van der Waals surface area contributed by atoms with Crippen LogP contribution < -0.4 is 5.32 Å². The molecule has 1 aromatic rings. The molecule has 1 saturated heterocycles. The van der Waals surface area contributed by atoms with Crippen molar-refractivity contribution in [3.63, 3.8) is 0 Å². The van der Waals surface area contributed by atoms with Crippen LogP contribution in [-0.2, 0) is 11.3 Å². The Kier molecular flexibility index (Phi) is 3.02. The number of rotatable bonds is 3. The Hall–Kier alpha value is -1.35. The predicted molar refractivity (Wildman–Crippen MR) is 59.3 cm³/mol. The van der Waals surface area contributed by atoms with Gasteiger partial charge in [-0.3, -0.25) is 4.79 Å². The Bertz CT molecular complexity index is 337. The topological polar surface area (TPSA) is 32.3 Å². The van der Waals surface area contributed by atoms with Crippen LogP contribution in [-0.4, -0.2) is 30.4 Å². The molecule has 0 aliphatic carbocycles. The molecule has 0 bridgehead atoms. The Morgan fingerprint density at radius 2 is 2.13 bits per heavy atom. The standard InChI is InChI=1S/C12H16N2O/c1-13-11-7-12(15)14(9-11)8-10-5-3-2-4-6-10/h2-6,11,13H,7-9H2,1H3. The molecule has 1 heterocycles. The quantitative estimate of drug-likeness (QED) is 0.797. The SMILES string of the molecule is CNC1CC(=O)N(Cc2ccccc2)C1. The predicted octanol–water partition coefficient (Wildman–Crippen LogP) is 1.01. The van der Waals surface area contributed by atoms with E-state index in [4.69, 9.17) is 0 Å². The maximum Gasteiger partial charge on any atom is 0.224 e. The van der Waals surface area contributed by atoms with Gasteiger partial charge in [-0.2, -0.15) is 0 Å². The molecule has 0 saturated carbocycles. The zero-order valence-electron chi connectivity index (χ0n) is 8.94. The van der Waals surface area contributed by atoms with Crippen LogP contribution in [0.5, 0.6) is 0 Å². The summed E-state index contributed by atoms with van der Waals surface area (Å²) >= 11 is 0. The second-order valence-corrected chi connectivity index (χ2v) is 3.95. The van der Waals surface area contributed by atoms with Crippen LogP contribution in [0.25, 0.3) is 0 Å². The van der Waals surface area contributed by atoms with Gasteiger partial charge in [-0.1, -0.05) is 30.3 Å². The van der Waals surface area contributed by atoms with E-state index in [1.54, 1.807) is 0 Å². The molecule has 3 nitrogen and oxygen atoms in total. The molecule has 3 heteroatoms. The Morgan fingerprint density at radius 3 is 2.73 bits per heavy atom. The number of hydrogen-bond acceptors (Lipinski definition) is 2. The van der Waals surface area contributed by atoms with Gasteiger partial charge in [-0.15, -0.1) is 0 Å². The van der Waals surface area contributed by atoms with Gasteiger partial charge in [0.25, 0.3) is 0 Å². The number of nitrogens with zero attached hydrogens (tertiary/aromatic N) is 1. The van der Waals surface area contributed by atoms with Crippen LogP contribution in [0, 0.1) is 0 Å². The molecular weight excluding hydrogens is 188 g/mol. The van der Waals surface area contributed by atoms with Crippen molar-refractivity contribution in [3.8, 4) is 0 Å². The van der Waals surface area contributed by atoms with Crippen molar-refractivity contribution >= 4 is 5.91 Å². The molecule has 1 unspecified atom stereocenters. The zero-order chi connectivity index (χ0) is 10.7. The first-order valence-corrected chi connectivity index (χ1v) is 5.28. The molecule has 1 fully saturated rings. The van der Waals surface area contributed by atoms with Crippen molar-refractivity contribution in [1.29, 1.82) is 0 Å². The van der Waals surface area contributed by atoms with E-state index in [1.807, 2.05) is 30.1 Å². The maximum absolute atomic E-state index is 11.6. The zero-order valence-corrected chi connectivity index (χ0v) is 8.94. The first-order chi connectivity index (χ1) is 7.29. The van der Waals surface area contributed by atoms with Gasteiger partial charge in [0.15, 0.2) is 0 Å². The molecule has 0 aromatic heterocycles. The van der Waals surface area contributed by atoms with Crippen LogP contribution in [0.2, 0.25) is 0 Å². The second kappa shape index (κ2) is 4.45. The molecule has 1 atom stereocenters. The normalized spacial score (nSPS) is 21.0. The summed E-state index contributed by atoms with van der Waals surface area (Å²) in [5, 5.41) is 3.15. The summed E-state index contributed by atoms with van der Waals surface area (Å²) in [6.45, 7) is 1.56. The van der Waals surface area contributed by atoms with Crippen LogP contribution >= 0.6 is 0 Å². The van der Waals surface area contributed by atoms with Crippen molar-refractivity contribution in [3.05, 3.63) is 35.9 Å². The van der Waals surface area contributed by atoms with Crippen molar-refractivity contribution < 1.29 is 4.79 Å². The Morgan fingerprint density at radius 1 is 1.40 bits per heavy atom. The highest BCUT2D eigenvalue weighted by Gasteiger charge is 2.27. The van der Waals surface area contributed by atoms with Crippen LogP contribution in [0.4, 0.5) is 0 Å². The molecule has 1 aromatic carbocycles. The molecule has 0 radical (unpaired) electrons. The molecule has 15 heavy (non-hydrogen) atoms. The fraction of sp³-hybridized carbons (Fsp3) is 0.417. The molecular formula is C12H16N2O. The highest BCUT2D eigenvalue weighted by molar-refractivity contribution is 5.79. The molecule has 0 spiro atoms. The molecule has 2 rings (SSSR count). The number of carbonyl (C=O) groups excluding carboxylic acids is 1. The summed E-state index contributed by atoms with van der Waals surface area (Å²) in [7, 11) is 1.91. The minimum atomic E-state index is 0.248. The molecule has 1 amide bonds. The van der Waals surface area contributed by atoms with E-state index in [-0.39, 0.29) is 5.91 Å². The third-order valence-corrected chi connectivity index (χ3v) is 2.84. The fourth-order valence-electron chi connectivity index (χ4n) is 1.92. The fourth-order valence-corrected chi connectivity index (χ4v) is 1.92. The van der Waals surface area contributed by atoms with E-state index in [1.165, 1.54) is 5.56 Å². The van der Waals surface area contributed by atoms with E-state index in [2.05, 4.69) is 17.4 Å². The van der Waals surface area contributed by atoms with Crippen LogP contribution in [0.15, 0.2) is 30.3 Å². The van der Waals surface area contributed by atoms with Gasteiger partial charge in [0.05, 0.1) is 0 Å². The lowest BCUT2D eigenvalue weighted by Gasteiger charge is -2.16. The van der Waals surface area contributed by atoms with Crippen molar-refractivity contribution in [2.45, 2.75) is 19.0 Å². The lowest BCUT2D eigenvalue weighted by atomic mass is 10.2.